The van der Waals surface area contributed by atoms with Crippen LogP contribution in [0.15, 0.2) is 35.3 Å². The standard InChI is InChI=1S/C15H23N3O.HI/c1-2-17-15(16)18-9-8-14(10-18)12-19-11-13-6-4-3-5-7-13;/h3-7,14H,2,8-12H2,1H3,(H2,16,17);1H. The minimum Gasteiger partial charge on any atom is -0.376 e. The van der Waals surface area contributed by atoms with Crippen molar-refractivity contribution in [2.75, 3.05) is 26.2 Å². The molecule has 2 rings (SSSR count). The predicted molar refractivity (Wildman–Crippen MR) is 93.4 cm³/mol. The second-order valence-corrected chi connectivity index (χ2v) is 4.93. The molecule has 0 radical (unpaired) electrons. The fourth-order valence-electron chi connectivity index (χ4n) is 2.36. The molecule has 0 aliphatic carbocycles. The predicted octanol–water partition coefficient (Wildman–Crippen LogP) is 2.48. The van der Waals surface area contributed by atoms with E-state index >= 15 is 0 Å². The van der Waals surface area contributed by atoms with Gasteiger partial charge in [0.25, 0.3) is 0 Å². The number of hydrogen-bond acceptors (Lipinski definition) is 2. The molecule has 0 bridgehead atoms. The highest BCUT2D eigenvalue weighted by molar-refractivity contribution is 14.0. The summed E-state index contributed by atoms with van der Waals surface area (Å²) < 4.78 is 5.78. The second kappa shape index (κ2) is 9.18. The van der Waals surface area contributed by atoms with Crippen LogP contribution in [0, 0.1) is 5.92 Å². The first kappa shape index (κ1) is 17.2. The Kier molecular flexibility index (Phi) is 7.91. The van der Waals surface area contributed by atoms with Gasteiger partial charge in [0, 0.05) is 25.6 Å². The molecular formula is C15H24IN3O. The van der Waals surface area contributed by atoms with E-state index in [0.717, 1.165) is 32.7 Å². The molecule has 1 heterocycles. The Hall–Kier alpha value is -0.820. The van der Waals surface area contributed by atoms with Crippen molar-refractivity contribution in [1.82, 2.24) is 4.90 Å². The van der Waals surface area contributed by atoms with E-state index in [-0.39, 0.29) is 24.0 Å². The number of benzene rings is 1. The van der Waals surface area contributed by atoms with E-state index < -0.39 is 0 Å². The zero-order chi connectivity index (χ0) is 13.5. The number of aliphatic imine (C=N–C) groups is 1. The molecule has 0 amide bonds. The molecule has 5 heteroatoms. The van der Waals surface area contributed by atoms with Crippen LogP contribution in [0.2, 0.25) is 0 Å². The molecule has 1 unspecified atom stereocenters. The summed E-state index contributed by atoms with van der Waals surface area (Å²) in [6.07, 6.45) is 1.13. The van der Waals surface area contributed by atoms with Crippen molar-refractivity contribution in [2.45, 2.75) is 20.0 Å². The first-order valence-corrected chi connectivity index (χ1v) is 6.96. The maximum atomic E-state index is 5.91. The van der Waals surface area contributed by atoms with Crippen LogP contribution in [0.3, 0.4) is 0 Å². The lowest BCUT2D eigenvalue weighted by Crippen LogP contribution is -2.36. The summed E-state index contributed by atoms with van der Waals surface area (Å²) in [5.74, 6) is 1.24. The molecule has 2 N–H and O–H groups in total. The Morgan fingerprint density at radius 3 is 2.85 bits per heavy atom. The molecule has 1 fully saturated rings. The number of nitrogens with two attached hydrogens (primary N) is 1. The van der Waals surface area contributed by atoms with Gasteiger partial charge in [-0.1, -0.05) is 30.3 Å². The van der Waals surface area contributed by atoms with Gasteiger partial charge >= 0.3 is 0 Å². The van der Waals surface area contributed by atoms with Crippen molar-refractivity contribution in [3.8, 4) is 0 Å². The lowest BCUT2D eigenvalue weighted by molar-refractivity contribution is 0.0907. The first-order valence-electron chi connectivity index (χ1n) is 6.96. The van der Waals surface area contributed by atoms with E-state index in [1.807, 2.05) is 25.1 Å². The fraction of sp³-hybridized carbons (Fsp3) is 0.533. The molecule has 1 aliphatic heterocycles. The van der Waals surface area contributed by atoms with Crippen LogP contribution in [0.1, 0.15) is 18.9 Å². The summed E-state index contributed by atoms with van der Waals surface area (Å²) in [5, 5.41) is 0. The van der Waals surface area contributed by atoms with E-state index in [4.69, 9.17) is 10.5 Å². The second-order valence-electron chi connectivity index (χ2n) is 4.93. The van der Waals surface area contributed by atoms with Gasteiger partial charge in [-0.25, -0.2) is 0 Å². The highest BCUT2D eigenvalue weighted by Crippen LogP contribution is 2.16. The largest absolute Gasteiger partial charge is 0.376 e. The highest BCUT2D eigenvalue weighted by atomic mass is 127. The number of guanidine groups is 1. The minimum atomic E-state index is 0. The first-order chi connectivity index (χ1) is 9.29. The maximum Gasteiger partial charge on any atom is 0.191 e. The Morgan fingerprint density at radius 1 is 1.40 bits per heavy atom. The average Bonchev–Trinajstić information content (AvgIpc) is 2.89. The third-order valence-corrected chi connectivity index (χ3v) is 3.40. The highest BCUT2D eigenvalue weighted by Gasteiger charge is 2.23. The van der Waals surface area contributed by atoms with Gasteiger partial charge in [0.2, 0.25) is 0 Å². The number of rotatable bonds is 5. The van der Waals surface area contributed by atoms with Crippen molar-refractivity contribution in [3.63, 3.8) is 0 Å². The van der Waals surface area contributed by atoms with Crippen LogP contribution in [-0.4, -0.2) is 37.1 Å². The van der Waals surface area contributed by atoms with Crippen LogP contribution in [0.25, 0.3) is 0 Å². The van der Waals surface area contributed by atoms with Crippen LogP contribution in [-0.2, 0) is 11.3 Å². The molecule has 20 heavy (non-hydrogen) atoms. The molecule has 1 atom stereocenters. The molecule has 0 spiro atoms. The van der Waals surface area contributed by atoms with Gasteiger partial charge in [-0.15, -0.1) is 24.0 Å². The number of ether oxygens (including phenoxy) is 1. The summed E-state index contributed by atoms with van der Waals surface area (Å²) in [6.45, 7) is 6.19. The van der Waals surface area contributed by atoms with Crippen LogP contribution < -0.4 is 5.73 Å². The smallest absolute Gasteiger partial charge is 0.191 e. The number of nitrogens with zero attached hydrogens (tertiary/aromatic N) is 2. The quantitative estimate of drug-likeness (QED) is 0.478. The van der Waals surface area contributed by atoms with Gasteiger partial charge in [0.05, 0.1) is 13.2 Å². The molecule has 4 nitrogen and oxygen atoms in total. The van der Waals surface area contributed by atoms with E-state index in [9.17, 15) is 0 Å². The third kappa shape index (κ3) is 5.28. The maximum absolute atomic E-state index is 5.91. The molecule has 1 aromatic rings. The Morgan fingerprint density at radius 2 is 2.15 bits per heavy atom. The van der Waals surface area contributed by atoms with Crippen molar-refractivity contribution in [1.29, 1.82) is 0 Å². The van der Waals surface area contributed by atoms with Crippen molar-refractivity contribution >= 4 is 29.9 Å². The van der Waals surface area contributed by atoms with Gasteiger partial charge in [0.1, 0.15) is 0 Å². The van der Waals surface area contributed by atoms with E-state index in [2.05, 4.69) is 22.0 Å². The Balaban J connectivity index is 0.00000200. The summed E-state index contributed by atoms with van der Waals surface area (Å²) in [4.78, 5) is 6.40. The van der Waals surface area contributed by atoms with E-state index in [1.54, 1.807) is 0 Å². The lowest BCUT2D eigenvalue weighted by Gasteiger charge is -2.17. The topological polar surface area (TPSA) is 50.8 Å². The number of likely N-dealkylation sites (tertiary alicyclic amines) is 1. The molecule has 112 valence electrons. The van der Waals surface area contributed by atoms with Crippen LogP contribution in [0.5, 0.6) is 0 Å². The van der Waals surface area contributed by atoms with Gasteiger partial charge in [-0.3, -0.25) is 4.99 Å². The third-order valence-electron chi connectivity index (χ3n) is 3.40. The normalized spacial score (nSPS) is 18.9. The van der Waals surface area contributed by atoms with Gasteiger partial charge < -0.3 is 15.4 Å². The molecule has 0 saturated carbocycles. The van der Waals surface area contributed by atoms with Crippen LogP contribution >= 0.6 is 24.0 Å². The summed E-state index contributed by atoms with van der Waals surface area (Å²) >= 11 is 0. The summed E-state index contributed by atoms with van der Waals surface area (Å²) in [6, 6.07) is 10.3. The zero-order valence-corrected chi connectivity index (χ0v) is 14.3. The molecule has 1 aliphatic rings. The Bertz CT molecular complexity index is 411. The number of halogens is 1. The Labute approximate surface area is 138 Å². The SMILES string of the molecule is CCN=C(N)N1CCC(COCc2ccccc2)C1.I. The van der Waals surface area contributed by atoms with Crippen molar-refractivity contribution < 1.29 is 4.74 Å². The molecule has 1 aromatic carbocycles. The van der Waals surface area contributed by atoms with E-state index in [0.29, 0.717) is 18.5 Å². The number of hydrogen-bond donors (Lipinski definition) is 1. The van der Waals surface area contributed by atoms with Gasteiger partial charge in [0.15, 0.2) is 5.96 Å². The lowest BCUT2D eigenvalue weighted by atomic mass is 10.1. The fourth-order valence-corrected chi connectivity index (χ4v) is 2.36. The monoisotopic (exact) mass is 389 g/mol. The van der Waals surface area contributed by atoms with Gasteiger partial charge in [-0.2, -0.15) is 0 Å². The summed E-state index contributed by atoms with van der Waals surface area (Å²) in [5.41, 5.74) is 7.13. The van der Waals surface area contributed by atoms with Crippen LogP contribution in [0.4, 0.5) is 0 Å². The molecule has 0 aromatic heterocycles. The van der Waals surface area contributed by atoms with Crippen molar-refractivity contribution in [3.05, 3.63) is 35.9 Å². The van der Waals surface area contributed by atoms with E-state index in [1.165, 1.54) is 5.56 Å². The zero-order valence-electron chi connectivity index (χ0n) is 12.0. The average molecular weight is 389 g/mol. The summed E-state index contributed by atoms with van der Waals surface area (Å²) in [7, 11) is 0. The van der Waals surface area contributed by atoms with Gasteiger partial charge in [-0.05, 0) is 18.9 Å². The minimum absolute atomic E-state index is 0. The van der Waals surface area contributed by atoms with Crippen molar-refractivity contribution in [2.24, 2.45) is 16.6 Å². The molecule has 1 saturated heterocycles. The molecular weight excluding hydrogens is 365 g/mol.